The van der Waals surface area contributed by atoms with E-state index >= 15 is 0 Å². The fraction of sp³-hybridized carbons (Fsp3) is 0.170. The Balaban J connectivity index is 1.82. The van der Waals surface area contributed by atoms with Gasteiger partial charge in [-0.15, -0.1) is 52.6 Å². The molecule has 0 spiro atoms. The molecule has 0 atom stereocenters. The van der Waals surface area contributed by atoms with Gasteiger partial charge in [-0.3, -0.25) is 0 Å². The molecule has 0 aromatic heterocycles. The molecular formula is C53H60N4. The van der Waals surface area contributed by atoms with Crippen LogP contribution in [-0.4, -0.2) is 52.4 Å². The molecule has 4 nitrogen and oxygen atoms in total. The molecule has 0 bridgehead atoms. The van der Waals surface area contributed by atoms with E-state index in [0.717, 1.165) is 91.8 Å². The summed E-state index contributed by atoms with van der Waals surface area (Å²) in [6.07, 6.45) is 22.1. The van der Waals surface area contributed by atoms with E-state index in [1.165, 1.54) is 11.1 Å². The van der Waals surface area contributed by atoms with Crippen LogP contribution in [0.2, 0.25) is 0 Å². The summed E-state index contributed by atoms with van der Waals surface area (Å²) < 4.78 is 0. The van der Waals surface area contributed by atoms with Gasteiger partial charge in [-0.05, 0) is 76.4 Å². The van der Waals surface area contributed by atoms with E-state index in [0.29, 0.717) is 0 Å². The topological polar surface area (TPSA) is 13.0 Å². The van der Waals surface area contributed by atoms with Crippen molar-refractivity contribution in [2.24, 2.45) is 0 Å². The van der Waals surface area contributed by atoms with Gasteiger partial charge in [0.2, 0.25) is 0 Å². The van der Waals surface area contributed by atoms with Gasteiger partial charge in [-0.2, -0.15) is 0 Å². The van der Waals surface area contributed by atoms with Crippen LogP contribution in [0, 0.1) is 0 Å². The van der Waals surface area contributed by atoms with Gasteiger partial charge in [0.25, 0.3) is 0 Å². The zero-order valence-electron chi connectivity index (χ0n) is 33.8. The van der Waals surface area contributed by atoms with E-state index in [9.17, 15) is 0 Å². The zero-order valence-corrected chi connectivity index (χ0v) is 33.8. The van der Waals surface area contributed by atoms with Crippen LogP contribution in [0.25, 0.3) is 5.57 Å². The van der Waals surface area contributed by atoms with Gasteiger partial charge < -0.3 is 19.6 Å². The van der Waals surface area contributed by atoms with Gasteiger partial charge in [0.15, 0.2) is 0 Å². The lowest BCUT2D eigenvalue weighted by Crippen LogP contribution is -2.23. The second-order valence-electron chi connectivity index (χ2n) is 13.6. The van der Waals surface area contributed by atoms with Crippen molar-refractivity contribution >= 4 is 28.3 Å². The van der Waals surface area contributed by atoms with Crippen molar-refractivity contribution in [1.82, 2.24) is 0 Å². The maximum absolute atomic E-state index is 3.96. The number of nitrogens with zero attached hydrogens (tertiary/aromatic N) is 4. The van der Waals surface area contributed by atoms with E-state index in [4.69, 9.17) is 0 Å². The molecule has 0 saturated carbocycles. The molecule has 0 N–H and O–H groups in total. The monoisotopic (exact) mass is 752 g/mol. The summed E-state index contributed by atoms with van der Waals surface area (Å²) in [6, 6.07) is 35.3. The van der Waals surface area contributed by atoms with Crippen LogP contribution in [0.15, 0.2) is 217 Å². The lowest BCUT2D eigenvalue weighted by atomic mass is 9.90. The van der Waals surface area contributed by atoms with Crippen molar-refractivity contribution in [2.75, 3.05) is 72.0 Å². The highest BCUT2D eigenvalue weighted by Crippen LogP contribution is 2.32. The second-order valence-corrected chi connectivity index (χ2v) is 13.6. The third-order valence-electron chi connectivity index (χ3n) is 9.68. The molecule has 0 saturated heterocycles. The lowest BCUT2D eigenvalue weighted by Gasteiger charge is -2.24. The maximum Gasteiger partial charge on any atom is 0.0372 e. The quantitative estimate of drug-likeness (QED) is 0.0468. The molecular weight excluding hydrogens is 693 g/mol. The summed E-state index contributed by atoms with van der Waals surface area (Å²) in [5.74, 6) is 0.00704. The number of anilines is 4. The largest absolute Gasteiger partial charge is 0.364 e. The number of hydrogen-bond donors (Lipinski definition) is 0. The van der Waals surface area contributed by atoms with Crippen molar-refractivity contribution in [1.29, 1.82) is 0 Å². The van der Waals surface area contributed by atoms with E-state index < -0.39 is 0 Å². The lowest BCUT2D eigenvalue weighted by molar-refractivity contribution is 0.947. The third-order valence-corrected chi connectivity index (χ3v) is 9.68. The summed E-state index contributed by atoms with van der Waals surface area (Å²) in [7, 11) is 0. The van der Waals surface area contributed by atoms with Crippen molar-refractivity contribution in [3.05, 3.63) is 239 Å². The Bertz CT molecular complexity index is 1800. The maximum atomic E-state index is 3.96. The van der Waals surface area contributed by atoms with Crippen LogP contribution in [-0.2, 0) is 0 Å². The van der Waals surface area contributed by atoms with Crippen LogP contribution in [0.3, 0.4) is 0 Å². The van der Waals surface area contributed by atoms with Gasteiger partial charge >= 0.3 is 0 Å². The Hall–Kier alpha value is -6.52. The average Bonchev–Trinajstić information content (AvgIpc) is 3.24. The van der Waals surface area contributed by atoms with Crippen molar-refractivity contribution in [2.45, 2.75) is 5.92 Å². The fourth-order valence-electron chi connectivity index (χ4n) is 6.91. The van der Waals surface area contributed by atoms with E-state index in [1.54, 1.807) is 0 Å². The summed E-state index contributed by atoms with van der Waals surface area (Å²) in [5, 5.41) is 0. The molecule has 4 aromatic rings. The van der Waals surface area contributed by atoms with Crippen LogP contribution in [0.5, 0.6) is 0 Å². The Morgan fingerprint density at radius 3 is 0.860 bits per heavy atom. The van der Waals surface area contributed by atoms with Crippen LogP contribution in [0.1, 0.15) is 28.2 Å². The first-order chi connectivity index (χ1) is 27.9. The number of hydrogen-bond acceptors (Lipinski definition) is 4. The number of rotatable bonds is 26. The molecule has 0 radical (unpaired) electrons. The Morgan fingerprint density at radius 2 is 0.614 bits per heavy atom. The second kappa shape index (κ2) is 23.4. The number of benzene rings is 4. The Labute approximate surface area is 343 Å². The van der Waals surface area contributed by atoms with Crippen LogP contribution in [0.4, 0.5) is 22.7 Å². The normalized spacial score (nSPS) is 10.6. The summed E-state index contributed by atoms with van der Waals surface area (Å²) in [6.45, 7) is 37.6. The minimum absolute atomic E-state index is 0.00704. The minimum Gasteiger partial charge on any atom is -0.364 e. The molecule has 57 heavy (non-hydrogen) atoms. The first kappa shape index (κ1) is 43.2. The number of allylic oxidation sites excluding steroid dienone is 3. The average molecular weight is 753 g/mol. The van der Waals surface area contributed by atoms with Crippen molar-refractivity contribution in [3.8, 4) is 0 Å². The molecule has 4 rings (SSSR count). The first-order valence-corrected chi connectivity index (χ1v) is 19.6. The molecule has 292 valence electrons. The highest BCUT2D eigenvalue weighted by molar-refractivity contribution is 5.82. The third kappa shape index (κ3) is 12.2. The summed E-state index contributed by atoms with van der Waals surface area (Å²) >= 11 is 0. The van der Waals surface area contributed by atoms with Crippen molar-refractivity contribution in [3.63, 3.8) is 0 Å². The molecule has 0 aliphatic carbocycles. The predicted octanol–water partition coefficient (Wildman–Crippen LogP) is 12.2. The van der Waals surface area contributed by atoms with Crippen LogP contribution >= 0.6 is 0 Å². The first-order valence-electron chi connectivity index (χ1n) is 19.6. The smallest absolute Gasteiger partial charge is 0.0372 e. The van der Waals surface area contributed by atoms with E-state index in [1.807, 2.05) is 48.6 Å². The van der Waals surface area contributed by atoms with Gasteiger partial charge in [-0.25, -0.2) is 0 Å². The Kier molecular flexibility index (Phi) is 17.7. The predicted molar refractivity (Wildman–Crippen MR) is 254 cm³/mol. The van der Waals surface area contributed by atoms with Crippen LogP contribution < -0.4 is 19.6 Å². The highest BCUT2D eigenvalue weighted by atomic mass is 15.1. The van der Waals surface area contributed by atoms with Gasteiger partial charge in [-0.1, -0.05) is 115 Å². The van der Waals surface area contributed by atoms with E-state index in [-0.39, 0.29) is 5.92 Å². The molecule has 0 heterocycles. The molecule has 0 amide bonds. The molecule has 0 fully saturated rings. The Morgan fingerprint density at radius 1 is 0.368 bits per heavy atom. The highest BCUT2D eigenvalue weighted by Gasteiger charge is 2.15. The zero-order chi connectivity index (χ0) is 40.8. The standard InChI is InChI=1S/C53H60N4/c1-9-36-54(37-10-2)48-28-20-44(21-29-48)52(45-22-30-49(31-23-45)55(38-11-3)39-12-4)18-17-19-53(46-24-32-50(33-25-46)56(40-13-5)41-14-6)47-26-34-51(35-27-47)57(42-15-7)43-16-8/h9-35,52H,1-8,36-43H2. The van der Waals surface area contributed by atoms with Gasteiger partial charge in [0, 0.05) is 81.0 Å². The van der Waals surface area contributed by atoms with E-state index in [2.05, 4.69) is 188 Å². The minimum atomic E-state index is 0.00704. The van der Waals surface area contributed by atoms with Crippen molar-refractivity contribution < 1.29 is 0 Å². The fourth-order valence-corrected chi connectivity index (χ4v) is 6.91. The summed E-state index contributed by atoms with van der Waals surface area (Å²) in [4.78, 5) is 9.01. The molecule has 0 aliphatic rings. The van der Waals surface area contributed by atoms with Gasteiger partial charge in [0.1, 0.15) is 0 Å². The van der Waals surface area contributed by atoms with Gasteiger partial charge in [0.05, 0.1) is 0 Å². The molecule has 4 heteroatoms. The summed E-state index contributed by atoms with van der Waals surface area (Å²) in [5.41, 5.74) is 10.3. The molecule has 0 unspecified atom stereocenters. The molecule has 4 aromatic carbocycles. The molecule has 0 aliphatic heterocycles. The SMILES string of the molecule is C=CCN(CC=C)c1ccc(C(=CC=CC(c2ccc(N(CC=C)CC=C)cc2)c2ccc(N(CC=C)CC=C)cc2)c2ccc(N(CC=C)CC=C)cc2)cc1.